The Morgan fingerprint density at radius 2 is 2.03 bits per heavy atom. The first kappa shape index (κ1) is 22.8. The van der Waals surface area contributed by atoms with Crippen molar-refractivity contribution in [1.82, 2.24) is 19.9 Å². The van der Waals surface area contributed by atoms with Gasteiger partial charge >= 0.3 is 0 Å². The highest BCUT2D eigenvalue weighted by molar-refractivity contribution is 5.86. The van der Waals surface area contributed by atoms with Crippen LogP contribution in [0.1, 0.15) is 48.1 Å². The van der Waals surface area contributed by atoms with Crippen molar-refractivity contribution in [3.05, 3.63) is 64.4 Å². The lowest BCUT2D eigenvalue weighted by atomic mass is 9.87. The molecule has 1 aliphatic heterocycles. The summed E-state index contributed by atoms with van der Waals surface area (Å²) in [5.74, 6) is -0.502. The first-order chi connectivity index (χ1) is 16.3. The Balaban J connectivity index is 1.44. The average Bonchev–Trinajstić information content (AvgIpc) is 3.35. The van der Waals surface area contributed by atoms with Gasteiger partial charge in [0.15, 0.2) is 0 Å². The number of benzene rings is 1. The smallest absolute Gasteiger partial charge is 0.266 e. The molecule has 7 nitrogen and oxygen atoms in total. The molecule has 0 saturated carbocycles. The van der Waals surface area contributed by atoms with Gasteiger partial charge in [-0.2, -0.15) is 0 Å². The summed E-state index contributed by atoms with van der Waals surface area (Å²) in [6, 6.07) is 2.41. The number of hydrogen-bond acceptors (Lipinski definition) is 6. The lowest BCUT2D eigenvalue weighted by Crippen LogP contribution is -2.34. The maximum absolute atomic E-state index is 14.8. The van der Waals surface area contributed by atoms with Gasteiger partial charge in [0, 0.05) is 18.8 Å². The monoisotopic (exact) mass is 473 g/mol. The molecule has 3 heterocycles. The molecule has 3 unspecified atom stereocenters. The summed E-state index contributed by atoms with van der Waals surface area (Å²) in [7, 11) is 0. The fourth-order valence-electron chi connectivity index (χ4n) is 5.12. The molecule has 34 heavy (non-hydrogen) atoms. The van der Waals surface area contributed by atoms with Crippen molar-refractivity contribution >= 4 is 16.9 Å². The number of halogens is 3. The lowest BCUT2D eigenvalue weighted by molar-refractivity contribution is 0.0317. The maximum Gasteiger partial charge on any atom is 0.266 e. The van der Waals surface area contributed by atoms with E-state index in [1.54, 1.807) is 22.9 Å². The third-order valence-corrected chi connectivity index (χ3v) is 6.96. The number of rotatable bonds is 5. The van der Waals surface area contributed by atoms with E-state index in [0.717, 1.165) is 0 Å². The fourth-order valence-corrected chi connectivity index (χ4v) is 5.12. The van der Waals surface area contributed by atoms with Crippen molar-refractivity contribution in [2.45, 2.75) is 63.4 Å². The Bertz CT molecular complexity index is 1280. The molecule has 0 fully saturated rings. The van der Waals surface area contributed by atoms with Gasteiger partial charge < -0.3 is 25.8 Å². The van der Waals surface area contributed by atoms with Crippen molar-refractivity contribution in [3.63, 3.8) is 0 Å². The van der Waals surface area contributed by atoms with Crippen molar-refractivity contribution in [3.8, 4) is 0 Å². The predicted molar refractivity (Wildman–Crippen MR) is 121 cm³/mol. The SMILES string of the molecule is CC1Cc2c(F)c(C(F)F)cc(CCC3=CC(n4ccc5c(N)ncnc54)[C@@H](O)C3O)c2CN1. The number of fused-ring (bicyclic) bond motifs is 2. The number of nitrogen functional groups attached to an aromatic ring is 1. The zero-order valence-corrected chi connectivity index (χ0v) is 18.5. The minimum Gasteiger partial charge on any atom is -0.388 e. The van der Waals surface area contributed by atoms with Crippen LogP contribution in [0, 0.1) is 5.82 Å². The van der Waals surface area contributed by atoms with E-state index in [9.17, 15) is 23.4 Å². The summed E-state index contributed by atoms with van der Waals surface area (Å²) in [6.45, 7) is 2.29. The summed E-state index contributed by atoms with van der Waals surface area (Å²) >= 11 is 0. The van der Waals surface area contributed by atoms with E-state index in [1.807, 2.05) is 6.92 Å². The summed E-state index contributed by atoms with van der Waals surface area (Å²) in [5, 5.41) is 25.4. The second-order valence-electron chi connectivity index (χ2n) is 9.07. The highest BCUT2D eigenvalue weighted by Crippen LogP contribution is 2.36. The van der Waals surface area contributed by atoms with Crippen LogP contribution in [-0.2, 0) is 19.4 Å². The fraction of sp³-hybridized carbons (Fsp3) is 0.417. The van der Waals surface area contributed by atoms with Crippen LogP contribution in [0.4, 0.5) is 19.0 Å². The van der Waals surface area contributed by atoms with E-state index in [1.165, 1.54) is 12.4 Å². The first-order valence-corrected chi connectivity index (χ1v) is 11.2. The molecule has 2 aromatic heterocycles. The molecule has 0 saturated heterocycles. The van der Waals surface area contributed by atoms with Gasteiger partial charge in [-0.25, -0.2) is 23.1 Å². The molecule has 180 valence electrons. The third-order valence-electron chi connectivity index (χ3n) is 6.96. The number of aryl methyl sites for hydroxylation is 1. The topological polar surface area (TPSA) is 109 Å². The molecule has 1 aliphatic carbocycles. The van der Waals surface area contributed by atoms with Gasteiger partial charge in [-0.15, -0.1) is 0 Å². The van der Waals surface area contributed by atoms with Gasteiger partial charge in [0.2, 0.25) is 0 Å². The standard InChI is InChI=1S/C24H26F3N5O2/c1-11-6-15-17(9-29-11)12(7-16(19(15)25)22(26)27)2-3-13-8-18(21(34)20(13)33)32-5-4-14-23(28)30-10-31-24(14)32/h4-5,7-8,10-11,18,20-22,29,33-34H,2-3,6,9H2,1H3,(H2,28,30,31)/t11?,18?,20?,21-/m1/s1. The van der Waals surface area contributed by atoms with Crippen LogP contribution >= 0.6 is 0 Å². The van der Waals surface area contributed by atoms with Crippen molar-refractivity contribution < 1.29 is 23.4 Å². The van der Waals surface area contributed by atoms with Gasteiger partial charge in [0.1, 0.15) is 35.8 Å². The molecule has 5 N–H and O–H groups in total. The number of nitrogens with zero attached hydrogens (tertiary/aromatic N) is 3. The molecular formula is C24H26F3N5O2. The quantitative estimate of drug-likeness (QED) is 0.425. The molecule has 1 aromatic carbocycles. The largest absolute Gasteiger partial charge is 0.388 e. The minimum absolute atomic E-state index is 0.00715. The van der Waals surface area contributed by atoms with E-state index in [4.69, 9.17) is 5.73 Å². The van der Waals surface area contributed by atoms with Crippen LogP contribution in [0.15, 0.2) is 36.3 Å². The van der Waals surface area contributed by atoms with Gasteiger partial charge in [-0.3, -0.25) is 0 Å². The maximum atomic E-state index is 14.8. The summed E-state index contributed by atoms with van der Waals surface area (Å²) in [5.41, 5.74) is 8.12. The molecule has 4 atom stereocenters. The van der Waals surface area contributed by atoms with Gasteiger partial charge in [-0.05, 0) is 60.6 Å². The molecular weight excluding hydrogens is 447 g/mol. The number of anilines is 1. The first-order valence-electron chi connectivity index (χ1n) is 11.2. The lowest BCUT2D eigenvalue weighted by Gasteiger charge is -2.27. The number of nitrogens with one attached hydrogen (secondary N) is 1. The van der Waals surface area contributed by atoms with Gasteiger partial charge in [0.05, 0.1) is 17.0 Å². The van der Waals surface area contributed by atoms with Gasteiger partial charge in [-0.1, -0.05) is 6.08 Å². The number of aromatic nitrogens is 3. The summed E-state index contributed by atoms with van der Waals surface area (Å²) in [4.78, 5) is 8.22. The van der Waals surface area contributed by atoms with E-state index in [-0.39, 0.29) is 6.04 Å². The third kappa shape index (κ3) is 3.75. The Morgan fingerprint density at radius 3 is 2.79 bits per heavy atom. The van der Waals surface area contributed by atoms with Crippen molar-refractivity contribution in [2.24, 2.45) is 0 Å². The summed E-state index contributed by atoms with van der Waals surface area (Å²) < 4.78 is 43.6. The second kappa shape index (κ2) is 8.68. The molecule has 0 amide bonds. The van der Waals surface area contributed by atoms with Crippen LogP contribution < -0.4 is 11.1 Å². The highest BCUT2D eigenvalue weighted by atomic mass is 19.3. The van der Waals surface area contributed by atoms with Crippen molar-refractivity contribution in [1.29, 1.82) is 0 Å². The van der Waals surface area contributed by atoms with E-state index in [0.29, 0.717) is 64.9 Å². The van der Waals surface area contributed by atoms with E-state index >= 15 is 0 Å². The molecule has 2 aliphatic rings. The second-order valence-corrected chi connectivity index (χ2v) is 9.07. The molecule has 10 heteroatoms. The number of hydrogen-bond donors (Lipinski definition) is 4. The van der Waals surface area contributed by atoms with Crippen LogP contribution in [0.5, 0.6) is 0 Å². The average molecular weight is 473 g/mol. The number of aliphatic hydroxyl groups excluding tert-OH is 2. The van der Waals surface area contributed by atoms with Crippen molar-refractivity contribution in [2.75, 3.05) is 5.73 Å². The Hall–Kier alpha value is -2.95. The van der Waals surface area contributed by atoms with E-state index < -0.39 is 36.1 Å². The Kier molecular flexibility index (Phi) is 5.83. The van der Waals surface area contributed by atoms with Crippen LogP contribution in [0.25, 0.3) is 11.0 Å². The Labute approximate surface area is 194 Å². The molecule has 0 bridgehead atoms. The van der Waals surface area contributed by atoms with Gasteiger partial charge in [0.25, 0.3) is 6.43 Å². The number of aliphatic hydroxyl groups is 2. The minimum atomic E-state index is -2.91. The predicted octanol–water partition coefficient (Wildman–Crippen LogP) is 2.96. The van der Waals surface area contributed by atoms with Crippen LogP contribution in [-0.4, -0.2) is 43.0 Å². The van der Waals surface area contributed by atoms with Crippen LogP contribution in [0.3, 0.4) is 0 Å². The molecule has 5 rings (SSSR count). The van der Waals surface area contributed by atoms with Crippen LogP contribution in [0.2, 0.25) is 0 Å². The molecule has 0 radical (unpaired) electrons. The normalized spacial score (nSPS) is 24.6. The zero-order valence-electron chi connectivity index (χ0n) is 18.5. The number of alkyl halides is 2. The number of nitrogens with two attached hydrogens (primary N) is 1. The zero-order chi connectivity index (χ0) is 24.1. The Morgan fingerprint density at radius 1 is 1.24 bits per heavy atom. The molecule has 0 spiro atoms. The van der Waals surface area contributed by atoms with E-state index in [2.05, 4.69) is 15.3 Å². The highest BCUT2D eigenvalue weighted by Gasteiger charge is 2.36. The summed E-state index contributed by atoms with van der Waals surface area (Å²) in [6.07, 6.45) is 0.715. The molecule has 3 aromatic rings.